The van der Waals surface area contributed by atoms with Gasteiger partial charge in [0.25, 0.3) is 0 Å². The Bertz CT molecular complexity index is 552. The van der Waals surface area contributed by atoms with Gasteiger partial charge in [0.2, 0.25) is 0 Å². The van der Waals surface area contributed by atoms with Crippen LogP contribution in [0.15, 0.2) is 12.1 Å². The molecule has 2 N–H and O–H groups in total. The van der Waals surface area contributed by atoms with Crippen LogP contribution in [0.5, 0.6) is 0 Å². The molecule has 0 saturated heterocycles. The van der Waals surface area contributed by atoms with Crippen LogP contribution in [-0.2, 0) is 13.1 Å². The third-order valence-corrected chi connectivity index (χ3v) is 2.24. The average Bonchev–Trinajstić information content (AvgIpc) is 2.85. The number of aromatic amines is 1. The van der Waals surface area contributed by atoms with E-state index in [0.717, 1.165) is 12.1 Å². The number of nitrogens with zero attached hydrogens (tertiary/aromatic N) is 4. The summed E-state index contributed by atoms with van der Waals surface area (Å²) < 4.78 is 27.0. The van der Waals surface area contributed by atoms with E-state index in [2.05, 4.69) is 25.9 Å². The third-order valence-electron chi connectivity index (χ3n) is 2.24. The van der Waals surface area contributed by atoms with Gasteiger partial charge in [-0.05, 0) is 12.1 Å². The molecule has 0 atom stereocenters. The third kappa shape index (κ3) is 2.64. The molecular weight excluding hydrogens is 242 g/mol. The molecule has 92 valence electrons. The predicted molar refractivity (Wildman–Crippen MR) is 55.8 cm³/mol. The van der Waals surface area contributed by atoms with E-state index in [1.807, 2.05) is 0 Å². The molecule has 6 nitrogen and oxygen atoms in total. The highest BCUT2D eigenvalue weighted by molar-refractivity contribution is 5.34. The molecule has 1 aromatic heterocycles. The zero-order chi connectivity index (χ0) is 13.0. The maximum atomic E-state index is 13.5. The molecule has 8 heteroatoms. The molecule has 0 spiro atoms. The first-order chi connectivity index (χ1) is 8.70. The zero-order valence-corrected chi connectivity index (χ0v) is 9.11. The number of hydrogen-bond donors (Lipinski definition) is 2. The highest BCUT2D eigenvalue weighted by Gasteiger charge is 2.11. The molecule has 2 aromatic rings. The molecule has 0 amide bonds. The van der Waals surface area contributed by atoms with Gasteiger partial charge in [0.1, 0.15) is 11.6 Å². The Kier molecular flexibility index (Phi) is 3.54. The van der Waals surface area contributed by atoms with Crippen LogP contribution in [0.4, 0.5) is 8.78 Å². The van der Waals surface area contributed by atoms with Crippen molar-refractivity contribution < 1.29 is 8.78 Å². The van der Waals surface area contributed by atoms with Crippen LogP contribution in [0.2, 0.25) is 0 Å². The zero-order valence-electron chi connectivity index (χ0n) is 9.11. The fourth-order valence-electron chi connectivity index (χ4n) is 1.39. The van der Waals surface area contributed by atoms with E-state index >= 15 is 0 Å². The number of H-pyrrole nitrogens is 1. The molecule has 1 heterocycles. The molecule has 2 rings (SSSR count). The summed E-state index contributed by atoms with van der Waals surface area (Å²) >= 11 is 0. The van der Waals surface area contributed by atoms with Crippen LogP contribution in [0, 0.1) is 23.0 Å². The lowest BCUT2D eigenvalue weighted by molar-refractivity contribution is 0.532. The van der Waals surface area contributed by atoms with Gasteiger partial charge in [0.15, 0.2) is 5.82 Å². The van der Waals surface area contributed by atoms with Gasteiger partial charge in [-0.1, -0.05) is 5.21 Å². The second-order valence-electron chi connectivity index (χ2n) is 3.46. The molecule has 18 heavy (non-hydrogen) atoms. The first-order valence-corrected chi connectivity index (χ1v) is 5.01. The first-order valence-electron chi connectivity index (χ1n) is 5.01. The lowest BCUT2D eigenvalue weighted by atomic mass is 10.1. The van der Waals surface area contributed by atoms with Gasteiger partial charge < -0.3 is 5.32 Å². The Balaban J connectivity index is 2.03. The fraction of sp³-hybridized carbons (Fsp3) is 0.200. The van der Waals surface area contributed by atoms with Crippen LogP contribution in [0.1, 0.15) is 17.0 Å². The molecule has 1 aromatic carbocycles. The molecule has 0 bridgehead atoms. The smallest absolute Gasteiger partial charge is 0.188 e. The summed E-state index contributed by atoms with van der Waals surface area (Å²) in [5.74, 6) is -1.12. The molecule has 0 unspecified atom stereocenters. The van der Waals surface area contributed by atoms with Gasteiger partial charge in [-0.3, -0.25) is 0 Å². The highest BCUT2D eigenvalue weighted by atomic mass is 19.1. The van der Waals surface area contributed by atoms with Crippen LogP contribution >= 0.6 is 0 Å². The Morgan fingerprint density at radius 2 is 2.00 bits per heavy atom. The number of tetrazole rings is 1. The Hall–Kier alpha value is -2.40. The summed E-state index contributed by atoms with van der Waals surface area (Å²) in [7, 11) is 0. The first kappa shape index (κ1) is 12.1. The van der Waals surface area contributed by atoms with Crippen molar-refractivity contribution >= 4 is 0 Å². The molecule has 0 aliphatic carbocycles. The van der Waals surface area contributed by atoms with Crippen molar-refractivity contribution in [2.24, 2.45) is 0 Å². The molecule has 0 radical (unpaired) electrons. The number of nitriles is 1. The lowest BCUT2D eigenvalue weighted by Crippen LogP contribution is -2.16. The molecular formula is C10H8F2N6. The summed E-state index contributed by atoms with van der Waals surface area (Å²) in [5.41, 5.74) is -0.176. The van der Waals surface area contributed by atoms with Crippen LogP contribution in [0.3, 0.4) is 0 Å². The maximum absolute atomic E-state index is 13.5. The molecule has 0 fully saturated rings. The molecule has 0 saturated carbocycles. The fourth-order valence-corrected chi connectivity index (χ4v) is 1.39. The minimum Gasteiger partial charge on any atom is -0.305 e. The normalized spacial score (nSPS) is 10.3. The second-order valence-corrected chi connectivity index (χ2v) is 3.46. The van der Waals surface area contributed by atoms with Crippen molar-refractivity contribution in [2.45, 2.75) is 13.1 Å². The lowest BCUT2D eigenvalue weighted by Gasteiger charge is -2.06. The Labute approximate surface area is 101 Å². The van der Waals surface area contributed by atoms with E-state index in [0.29, 0.717) is 5.82 Å². The van der Waals surface area contributed by atoms with E-state index in [-0.39, 0.29) is 24.2 Å². The number of nitrogens with one attached hydrogen (secondary N) is 2. The van der Waals surface area contributed by atoms with Crippen molar-refractivity contribution in [3.05, 3.63) is 40.7 Å². The highest BCUT2D eigenvalue weighted by Crippen LogP contribution is 2.14. The predicted octanol–water partition coefficient (Wildman–Crippen LogP) is 0.639. The second kappa shape index (κ2) is 5.29. The standard InChI is InChI=1S/C10H8F2N6/c11-8-1-6(3-13)2-9(12)7(8)4-14-5-10-15-17-18-16-10/h1-2,14H,4-5H2,(H,15,16,17,18). The van der Waals surface area contributed by atoms with Gasteiger partial charge in [0.05, 0.1) is 18.2 Å². The Morgan fingerprint density at radius 1 is 1.28 bits per heavy atom. The van der Waals surface area contributed by atoms with Crippen molar-refractivity contribution in [1.29, 1.82) is 5.26 Å². The largest absolute Gasteiger partial charge is 0.305 e. The monoisotopic (exact) mass is 250 g/mol. The molecule has 0 aliphatic rings. The van der Waals surface area contributed by atoms with E-state index in [1.54, 1.807) is 6.07 Å². The summed E-state index contributed by atoms with van der Waals surface area (Å²) in [4.78, 5) is 0. The van der Waals surface area contributed by atoms with Crippen molar-refractivity contribution in [1.82, 2.24) is 25.9 Å². The summed E-state index contributed by atoms with van der Waals surface area (Å²) in [6.07, 6.45) is 0. The summed E-state index contributed by atoms with van der Waals surface area (Å²) in [5, 5.41) is 24.3. The van der Waals surface area contributed by atoms with E-state index in [1.165, 1.54) is 0 Å². The van der Waals surface area contributed by atoms with Crippen LogP contribution in [0.25, 0.3) is 0 Å². The number of halogens is 2. The summed E-state index contributed by atoms with van der Waals surface area (Å²) in [6.45, 7) is 0.202. The van der Waals surface area contributed by atoms with E-state index in [4.69, 9.17) is 5.26 Å². The number of hydrogen-bond acceptors (Lipinski definition) is 5. The van der Waals surface area contributed by atoms with Gasteiger partial charge >= 0.3 is 0 Å². The van der Waals surface area contributed by atoms with E-state index < -0.39 is 11.6 Å². The number of benzene rings is 1. The SMILES string of the molecule is N#Cc1cc(F)c(CNCc2nn[nH]n2)c(F)c1. The minimum absolute atomic E-state index is 0.0298. The topological polar surface area (TPSA) is 90.3 Å². The number of rotatable bonds is 4. The van der Waals surface area contributed by atoms with Crippen molar-refractivity contribution in [2.75, 3.05) is 0 Å². The van der Waals surface area contributed by atoms with Gasteiger partial charge in [0, 0.05) is 12.1 Å². The Morgan fingerprint density at radius 3 is 2.56 bits per heavy atom. The van der Waals surface area contributed by atoms with Gasteiger partial charge in [-0.25, -0.2) is 8.78 Å². The maximum Gasteiger partial charge on any atom is 0.188 e. The quantitative estimate of drug-likeness (QED) is 0.831. The van der Waals surface area contributed by atoms with Crippen molar-refractivity contribution in [3.8, 4) is 6.07 Å². The molecule has 0 aliphatic heterocycles. The number of aromatic nitrogens is 4. The van der Waals surface area contributed by atoms with Crippen LogP contribution in [-0.4, -0.2) is 20.6 Å². The van der Waals surface area contributed by atoms with Crippen molar-refractivity contribution in [3.63, 3.8) is 0 Å². The summed E-state index contributed by atoms with van der Waals surface area (Å²) in [6, 6.07) is 3.67. The average molecular weight is 250 g/mol. The van der Waals surface area contributed by atoms with Gasteiger partial charge in [-0.15, -0.1) is 10.2 Å². The van der Waals surface area contributed by atoms with Crippen LogP contribution < -0.4 is 5.32 Å². The van der Waals surface area contributed by atoms with E-state index in [9.17, 15) is 8.78 Å². The van der Waals surface area contributed by atoms with Gasteiger partial charge in [-0.2, -0.15) is 10.5 Å². The minimum atomic E-state index is -0.757.